The highest BCUT2D eigenvalue weighted by atomic mass is 35.5. The minimum atomic E-state index is -1.38. The third kappa shape index (κ3) is 5.41. The van der Waals surface area contributed by atoms with Gasteiger partial charge in [-0.05, 0) is 60.5 Å². The van der Waals surface area contributed by atoms with Crippen molar-refractivity contribution >= 4 is 86.9 Å². The van der Waals surface area contributed by atoms with E-state index in [2.05, 4.69) is 10.6 Å². The van der Waals surface area contributed by atoms with Crippen LogP contribution in [0, 0.1) is 23.0 Å². The van der Waals surface area contributed by atoms with Crippen molar-refractivity contribution in [3.8, 4) is 0 Å². The van der Waals surface area contributed by atoms with Crippen LogP contribution >= 0.6 is 58.0 Å². The van der Waals surface area contributed by atoms with Crippen LogP contribution in [0.3, 0.4) is 0 Å². The van der Waals surface area contributed by atoms with Crippen LogP contribution in [0.4, 0.5) is 17.1 Å². The molecule has 12 heteroatoms. The fourth-order valence-corrected chi connectivity index (χ4v) is 5.48. The lowest BCUT2D eigenvalue weighted by Crippen LogP contribution is -2.18. The topological polar surface area (TPSA) is 101 Å². The van der Waals surface area contributed by atoms with Crippen molar-refractivity contribution in [1.82, 2.24) is 0 Å². The quantitative estimate of drug-likeness (QED) is 0.176. The summed E-state index contributed by atoms with van der Waals surface area (Å²) in [6.45, 7) is 1.70. The Morgan fingerprint density at radius 1 is 0.944 bits per heavy atom. The fourth-order valence-electron chi connectivity index (χ4n) is 3.91. The Hall–Kier alpha value is -2.55. The Morgan fingerprint density at radius 2 is 1.61 bits per heavy atom. The molecule has 2 N–H and O–H groups in total. The Labute approximate surface area is 230 Å². The van der Waals surface area contributed by atoms with Gasteiger partial charge in [0, 0.05) is 27.7 Å². The second-order valence-corrected chi connectivity index (χ2v) is 11.0. The van der Waals surface area contributed by atoms with E-state index in [0.29, 0.717) is 21.2 Å². The molecule has 0 heterocycles. The molecule has 2 atom stereocenters. The van der Waals surface area contributed by atoms with Crippen LogP contribution in [0.25, 0.3) is 0 Å². The number of aryl methyl sites for hydroxylation is 1. The summed E-state index contributed by atoms with van der Waals surface area (Å²) in [4.78, 5) is 36.7. The van der Waals surface area contributed by atoms with Crippen LogP contribution in [-0.4, -0.2) is 21.1 Å². The molecule has 0 saturated heterocycles. The van der Waals surface area contributed by atoms with E-state index in [0.717, 1.165) is 0 Å². The first-order valence-corrected chi connectivity index (χ1v) is 12.3. The molecule has 3 aromatic carbocycles. The average molecular weight is 588 g/mol. The molecule has 186 valence electrons. The van der Waals surface area contributed by atoms with Crippen LogP contribution < -0.4 is 10.6 Å². The zero-order valence-electron chi connectivity index (χ0n) is 18.3. The Bertz CT molecular complexity index is 1390. The van der Waals surface area contributed by atoms with Gasteiger partial charge in [-0.15, -0.1) is 23.2 Å². The molecule has 0 radical (unpaired) electrons. The first-order valence-electron chi connectivity index (χ1n) is 10.4. The van der Waals surface area contributed by atoms with Gasteiger partial charge < -0.3 is 10.6 Å². The summed E-state index contributed by atoms with van der Waals surface area (Å²) in [5, 5.41) is 17.4. The van der Waals surface area contributed by atoms with Gasteiger partial charge in [-0.2, -0.15) is 0 Å². The van der Waals surface area contributed by atoms with Crippen molar-refractivity contribution < 1.29 is 14.5 Å². The molecular formula is C24H16Cl5N3O4. The lowest BCUT2D eigenvalue weighted by Gasteiger charge is -2.11. The van der Waals surface area contributed by atoms with Gasteiger partial charge in [0.25, 0.3) is 11.6 Å². The smallest absolute Gasteiger partial charge is 0.293 e. The van der Waals surface area contributed by atoms with Gasteiger partial charge in [-0.1, -0.05) is 40.9 Å². The molecule has 1 aliphatic carbocycles. The lowest BCUT2D eigenvalue weighted by atomic mass is 10.1. The summed E-state index contributed by atoms with van der Waals surface area (Å²) in [5.74, 6) is -2.53. The number of anilines is 2. The van der Waals surface area contributed by atoms with Gasteiger partial charge in [0.15, 0.2) is 0 Å². The van der Waals surface area contributed by atoms with Gasteiger partial charge in [0.1, 0.15) is 10.0 Å². The molecule has 1 aliphatic rings. The maximum Gasteiger partial charge on any atom is 0.293 e. The molecule has 2 amide bonds. The van der Waals surface area contributed by atoms with Crippen molar-refractivity contribution in [2.24, 2.45) is 5.92 Å². The predicted octanol–water partition coefficient (Wildman–Crippen LogP) is 7.64. The van der Waals surface area contributed by atoms with Gasteiger partial charge in [-0.3, -0.25) is 19.7 Å². The van der Waals surface area contributed by atoms with Crippen LogP contribution in [0.2, 0.25) is 15.1 Å². The number of halogens is 5. The van der Waals surface area contributed by atoms with E-state index >= 15 is 0 Å². The number of rotatable bonds is 6. The van der Waals surface area contributed by atoms with Crippen molar-refractivity contribution in [2.75, 3.05) is 10.6 Å². The van der Waals surface area contributed by atoms with Crippen molar-refractivity contribution in [3.05, 3.63) is 96.5 Å². The summed E-state index contributed by atoms with van der Waals surface area (Å²) in [5.41, 5.74) is 1.29. The molecule has 0 bridgehead atoms. The standard InChI is InChI=1S/C24H16Cl5N3O4/c1-11-2-5-18(19(6-11)32(35)36)31-22(33)16-10-15(3-4-17(16)27)30-23(34)21-20(24(21,28)29)12-7-13(25)9-14(26)8-12/h2-10,20-21H,1H3,(H,30,34)(H,31,33). The van der Waals surface area contributed by atoms with Crippen LogP contribution in [0.5, 0.6) is 0 Å². The van der Waals surface area contributed by atoms with Gasteiger partial charge >= 0.3 is 0 Å². The van der Waals surface area contributed by atoms with E-state index in [4.69, 9.17) is 58.0 Å². The maximum absolute atomic E-state index is 13.0. The Balaban J connectivity index is 1.53. The fraction of sp³-hybridized carbons (Fsp3) is 0.167. The molecule has 0 aliphatic heterocycles. The molecule has 0 aromatic heterocycles. The van der Waals surface area contributed by atoms with Crippen LogP contribution in [0.1, 0.15) is 27.4 Å². The van der Waals surface area contributed by atoms with Gasteiger partial charge in [-0.25, -0.2) is 0 Å². The predicted molar refractivity (Wildman–Crippen MR) is 143 cm³/mol. The number of nitro benzene ring substituents is 1. The largest absolute Gasteiger partial charge is 0.326 e. The summed E-state index contributed by atoms with van der Waals surface area (Å²) in [7, 11) is 0. The molecular weight excluding hydrogens is 572 g/mol. The molecule has 2 unspecified atom stereocenters. The number of nitro groups is 1. The molecule has 4 rings (SSSR count). The number of carbonyl (C=O) groups is 2. The summed E-state index contributed by atoms with van der Waals surface area (Å²) >= 11 is 31.1. The Kier molecular flexibility index (Phi) is 7.42. The Morgan fingerprint density at radius 3 is 2.25 bits per heavy atom. The average Bonchev–Trinajstić information content (AvgIpc) is 3.37. The second-order valence-electron chi connectivity index (χ2n) is 8.25. The summed E-state index contributed by atoms with van der Waals surface area (Å²) < 4.78 is -1.38. The number of nitrogens with zero attached hydrogens (tertiary/aromatic N) is 1. The zero-order valence-corrected chi connectivity index (χ0v) is 22.1. The van der Waals surface area contributed by atoms with Crippen molar-refractivity contribution in [1.29, 1.82) is 0 Å². The number of alkyl halides is 2. The number of amides is 2. The van der Waals surface area contributed by atoms with E-state index in [-0.39, 0.29) is 27.6 Å². The summed E-state index contributed by atoms with van der Waals surface area (Å²) in [6, 6.07) is 13.5. The number of hydrogen-bond acceptors (Lipinski definition) is 4. The highest BCUT2D eigenvalue weighted by Gasteiger charge is 2.67. The molecule has 3 aromatic rings. The monoisotopic (exact) mass is 585 g/mol. The first-order chi connectivity index (χ1) is 16.9. The van der Waals surface area contributed by atoms with E-state index < -0.39 is 32.9 Å². The maximum atomic E-state index is 13.0. The zero-order chi connectivity index (χ0) is 26.4. The minimum Gasteiger partial charge on any atom is -0.326 e. The normalized spacial score (nSPS) is 17.8. The van der Waals surface area contributed by atoms with Gasteiger partial charge in [0.05, 0.1) is 21.4 Å². The number of nitrogens with one attached hydrogen (secondary N) is 2. The van der Waals surface area contributed by atoms with Crippen molar-refractivity contribution in [2.45, 2.75) is 17.2 Å². The summed E-state index contributed by atoms with van der Waals surface area (Å²) in [6.07, 6.45) is 0. The van der Waals surface area contributed by atoms with E-state index in [1.54, 1.807) is 31.2 Å². The number of hydrogen-bond donors (Lipinski definition) is 2. The van der Waals surface area contributed by atoms with Crippen LogP contribution in [0.15, 0.2) is 54.6 Å². The minimum absolute atomic E-state index is 0.00122. The van der Waals surface area contributed by atoms with E-state index in [1.165, 1.54) is 30.3 Å². The molecule has 0 spiro atoms. The van der Waals surface area contributed by atoms with E-state index in [1.807, 2.05) is 0 Å². The molecule has 1 fully saturated rings. The lowest BCUT2D eigenvalue weighted by molar-refractivity contribution is -0.384. The highest BCUT2D eigenvalue weighted by Crippen LogP contribution is 2.65. The number of carbonyl (C=O) groups excluding carboxylic acids is 2. The number of benzene rings is 3. The molecule has 7 nitrogen and oxygen atoms in total. The van der Waals surface area contributed by atoms with Crippen molar-refractivity contribution in [3.63, 3.8) is 0 Å². The van der Waals surface area contributed by atoms with E-state index in [9.17, 15) is 19.7 Å². The highest BCUT2D eigenvalue weighted by molar-refractivity contribution is 6.53. The first kappa shape index (κ1) is 26.5. The SMILES string of the molecule is Cc1ccc(NC(=O)c2cc(NC(=O)C3C(c4cc(Cl)cc(Cl)c4)C3(Cl)Cl)ccc2Cl)c([N+](=O)[O-])c1. The molecule has 36 heavy (non-hydrogen) atoms. The van der Waals surface area contributed by atoms with Gasteiger partial charge in [0.2, 0.25) is 5.91 Å². The third-order valence-electron chi connectivity index (χ3n) is 5.66. The second kappa shape index (κ2) is 10.1. The van der Waals surface area contributed by atoms with Crippen LogP contribution in [-0.2, 0) is 4.79 Å². The third-order valence-corrected chi connectivity index (χ3v) is 7.36. The molecule has 1 saturated carbocycles.